The van der Waals surface area contributed by atoms with Crippen molar-refractivity contribution in [2.45, 2.75) is 214 Å². The van der Waals surface area contributed by atoms with Crippen molar-refractivity contribution in [2.24, 2.45) is 47.3 Å². The largest absolute Gasteiger partial charge is 0.261 e. The van der Waals surface area contributed by atoms with Crippen LogP contribution in [0.3, 0.4) is 0 Å². The lowest BCUT2D eigenvalue weighted by Gasteiger charge is -2.38. The number of aromatic nitrogens is 2. The van der Waals surface area contributed by atoms with Crippen molar-refractivity contribution in [1.29, 1.82) is 0 Å². The van der Waals surface area contributed by atoms with E-state index in [1.54, 1.807) is 0 Å². The topological polar surface area (TPSA) is 25.8 Å². The van der Waals surface area contributed by atoms with Crippen LogP contribution in [0.1, 0.15) is 211 Å². The summed E-state index contributed by atoms with van der Waals surface area (Å²) < 4.78 is 0. The fraction of sp³-hybridized carbons (Fsp3) is 0.804. The van der Waals surface area contributed by atoms with Gasteiger partial charge < -0.3 is 0 Å². The summed E-state index contributed by atoms with van der Waals surface area (Å²) in [7, 11) is 0. The van der Waals surface area contributed by atoms with Gasteiger partial charge >= 0.3 is 0 Å². The first-order chi connectivity index (χ1) is 26.1. The molecule has 2 heteroatoms. The van der Waals surface area contributed by atoms with Gasteiger partial charge in [-0.3, -0.25) is 9.97 Å². The summed E-state index contributed by atoms with van der Waals surface area (Å²) >= 11 is 0. The van der Waals surface area contributed by atoms with Crippen LogP contribution in [-0.4, -0.2) is 9.97 Å². The molecule has 0 saturated heterocycles. The fourth-order valence-corrected chi connectivity index (χ4v) is 11.5. The average Bonchev–Trinajstić information content (AvgIpc) is 3.21. The summed E-state index contributed by atoms with van der Waals surface area (Å²) in [5.74, 6) is 8.28. The van der Waals surface area contributed by atoms with Crippen LogP contribution in [0.4, 0.5) is 0 Å². The van der Waals surface area contributed by atoms with E-state index >= 15 is 0 Å². The summed E-state index contributed by atoms with van der Waals surface area (Å²) in [5.41, 5.74) is 5.42. The van der Waals surface area contributed by atoms with Gasteiger partial charge in [0.1, 0.15) is 0 Å². The number of unbranched alkanes of at least 4 members (excludes halogenated alkanes) is 1. The molecule has 0 spiro atoms. The number of hydrogen-bond donors (Lipinski definition) is 0. The number of rotatable bonds is 17. The molecule has 298 valence electrons. The SMILES string of the molecule is CCCCc1ccc(CCC2CCC(C3CCC(CCC)CC3)CC2)nc1.CCCc1ccc(CCC2CCC(C3CCC(CCC)CC3)CC2)nc1. The van der Waals surface area contributed by atoms with E-state index in [4.69, 9.17) is 9.97 Å². The van der Waals surface area contributed by atoms with Crippen molar-refractivity contribution in [3.63, 3.8) is 0 Å². The van der Waals surface area contributed by atoms with Crippen LogP contribution in [-0.2, 0) is 25.7 Å². The Hall–Kier alpha value is -1.70. The zero-order valence-corrected chi connectivity index (χ0v) is 35.5. The minimum atomic E-state index is 0.958. The van der Waals surface area contributed by atoms with Crippen LogP contribution in [0, 0.1) is 47.3 Å². The molecule has 4 aliphatic carbocycles. The van der Waals surface area contributed by atoms with E-state index in [0.29, 0.717) is 0 Å². The standard InChI is InChI=1S/C26H43N.C25H41N/c1-3-5-7-23-13-19-26(27-20-23)18-12-22-10-16-25(17-11-22)24-14-8-21(6-4-2)9-15-24;1-3-5-20-7-13-23(14-8-20)24-15-9-21(10-16-24)11-17-25-18-12-22(6-4-2)19-26-25/h13,19-22,24-25H,3-12,14-18H2,1-2H3;12,18-21,23-24H,3-11,13-17H2,1-2H3. The zero-order chi connectivity index (χ0) is 37.1. The Morgan fingerprint density at radius 3 is 1.04 bits per heavy atom. The van der Waals surface area contributed by atoms with Gasteiger partial charge in [-0.1, -0.05) is 130 Å². The van der Waals surface area contributed by atoms with Gasteiger partial charge in [-0.15, -0.1) is 0 Å². The molecule has 0 bridgehead atoms. The van der Waals surface area contributed by atoms with Crippen molar-refractivity contribution in [3.05, 3.63) is 59.2 Å². The molecule has 4 saturated carbocycles. The molecule has 0 atom stereocenters. The van der Waals surface area contributed by atoms with E-state index in [2.05, 4.69) is 64.4 Å². The molecule has 2 heterocycles. The first-order valence-electron chi connectivity index (χ1n) is 23.9. The van der Waals surface area contributed by atoms with Crippen LogP contribution < -0.4 is 0 Å². The van der Waals surface area contributed by atoms with Crippen LogP contribution in [0.2, 0.25) is 0 Å². The Morgan fingerprint density at radius 1 is 0.377 bits per heavy atom. The van der Waals surface area contributed by atoms with Crippen LogP contribution in [0.15, 0.2) is 36.7 Å². The molecular weight excluding hydrogens is 641 g/mol. The van der Waals surface area contributed by atoms with E-state index < -0.39 is 0 Å². The number of nitrogens with zero attached hydrogens (tertiary/aromatic N) is 2. The smallest absolute Gasteiger partial charge is 0.0403 e. The summed E-state index contributed by atoms with van der Waals surface area (Å²) in [5, 5.41) is 0. The maximum absolute atomic E-state index is 4.73. The lowest BCUT2D eigenvalue weighted by Crippen LogP contribution is -2.26. The molecule has 2 nitrogen and oxygen atoms in total. The maximum Gasteiger partial charge on any atom is 0.0403 e. The van der Waals surface area contributed by atoms with Crippen LogP contribution in [0.5, 0.6) is 0 Å². The molecule has 2 aromatic heterocycles. The van der Waals surface area contributed by atoms with Gasteiger partial charge in [-0.25, -0.2) is 0 Å². The second-order valence-corrected chi connectivity index (χ2v) is 18.9. The fourth-order valence-electron chi connectivity index (χ4n) is 11.5. The lowest BCUT2D eigenvalue weighted by molar-refractivity contribution is 0.141. The van der Waals surface area contributed by atoms with Gasteiger partial charge in [0.15, 0.2) is 0 Å². The van der Waals surface area contributed by atoms with Crippen molar-refractivity contribution < 1.29 is 0 Å². The van der Waals surface area contributed by atoms with Gasteiger partial charge in [-0.2, -0.15) is 0 Å². The Labute approximate surface area is 329 Å². The van der Waals surface area contributed by atoms with Gasteiger partial charge in [0.05, 0.1) is 0 Å². The molecule has 0 aliphatic heterocycles. The van der Waals surface area contributed by atoms with Gasteiger partial charge in [-0.05, 0) is 167 Å². The highest BCUT2D eigenvalue weighted by molar-refractivity contribution is 5.15. The van der Waals surface area contributed by atoms with E-state index in [0.717, 1.165) is 53.8 Å². The Kier molecular flexibility index (Phi) is 19.3. The number of hydrogen-bond acceptors (Lipinski definition) is 2. The molecule has 0 amide bonds. The molecule has 0 unspecified atom stereocenters. The van der Waals surface area contributed by atoms with Gasteiger partial charge in [0.25, 0.3) is 0 Å². The van der Waals surface area contributed by atoms with Gasteiger partial charge in [0, 0.05) is 23.8 Å². The summed E-state index contributed by atoms with van der Waals surface area (Å²) in [6.07, 6.45) is 45.4. The van der Waals surface area contributed by atoms with E-state index in [9.17, 15) is 0 Å². The third kappa shape index (κ3) is 14.7. The third-order valence-electron chi connectivity index (χ3n) is 15.0. The molecule has 4 fully saturated rings. The van der Waals surface area contributed by atoms with Crippen molar-refractivity contribution >= 4 is 0 Å². The second kappa shape index (κ2) is 24.0. The predicted molar refractivity (Wildman–Crippen MR) is 229 cm³/mol. The molecular formula is C51H84N2. The third-order valence-corrected chi connectivity index (χ3v) is 15.0. The van der Waals surface area contributed by atoms with Crippen LogP contribution >= 0.6 is 0 Å². The lowest BCUT2D eigenvalue weighted by atomic mass is 9.68. The molecule has 6 rings (SSSR count). The molecule has 0 radical (unpaired) electrons. The van der Waals surface area contributed by atoms with Crippen molar-refractivity contribution in [3.8, 4) is 0 Å². The first-order valence-corrected chi connectivity index (χ1v) is 23.9. The minimum Gasteiger partial charge on any atom is -0.261 e. The monoisotopic (exact) mass is 725 g/mol. The predicted octanol–water partition coefficient (Wildman–Crippen LogP) is 15.1. The van der Waals surface area contributed by atoms with Gasteiger partial charge in [0.2, 0.25) is 0 Å². The molecule has 0 N–H and O–H groups in total. The highest BCUT2D eigenvalue weighted by Crippen LogP contribution is 2.44. The summed E-state index contributed by atoms with van der Waals surface area (Å²) in [4.78, 5) is 9.42. The Balaban J connectivity index is 0.000000204. The zero-order valence-electron chi connectivity index (χ0n) is 35.5. The molecule has 0 aromatic carbocycles. The van der Waals surface area contributed by atoms with E-state index in [1.807, 2.05) is 0 Å². The maximum atomic E-state index is 4.73. The van der Waals surface area contributed by atoms with Crippen molar-refractivity contribution in [2.75, 3.05) is 0 Å². The van der Waals surface area contributed by atoms with E-state index in [1.165, 1.54) is 202 Å². The average molecular weight is 725 g/mol. The molecule has 53 heavy (non-hydrogen) atoms. The summed E-state index contributed by atoms with van der Waals surface area (Å²) in [6, 6.07) is 9.15. The number of aryl methyl sites for hydroxylation is 4. The van der Waals surface area contributed by atoms with Crippen LogP contribution in [0.25, 0.3) is 0 Å². The first kappa shape index (κ1) is 42.4. The number of pyridine rings is 2. The quantitative estimate of drug-likeness (QED) is 0.162. The minimum absolute atomic E-state index is 0.958. The Morgan fingerprint density at radius 2 is 0.736 bits per heavy atom. The van der Waals surface area contributed by atoms with Crippen molar-refractivity contribution in [1.82, 2.24) is 9.97 Å². The normalized spacial score (nSPS) is 29.3. The summed E-state index contributed by atoms with van der Waals surface area (Å²) in [6.45, 7) is 9.20. The highest BCUT2D eigenvalue weighted by Gasteiger charge is 2.32. The second-order valence-electron chi connectivity index (χ2n) is 18.9. The molecule has 2 aromatic rings. The highest BCUT2D eigenvalue weighted by atomic mass is 14.7. The molecule has 4 aliphatic rings. The van der Waals surface area contributed by atoms with E-state index in [-0.39, 0.29) is 0 Å². The Bertz CT molecular complexity index is 1190.